The van der Waals surface area contributed by atoms with Crippen LogP contribution in [-0.2, 0) is 4.74 Å². The molecule has 0 aliphatic carbocycles. The van der Waals surface area contributed by atoms with Crippen molar-refractivity contribution >= 4 is 5.95 Å². The van der Waals surface area contributed by atoms with E-state index in [0.29, 0.717) is 24.7 Å². The van der Waals surface area contributed by atoms with Crippen LogP contribution in [0.15, 0.2) is 6.20 Å². The van der Waals surface area contributed by atoms with Gasteiger partial charge >= 0.3 is 0 Å². The number of aliphatic hydroxyl groups is 1. The van der Waals surface area contributed by atoms with Gasteiger partial charge in [0, 0.05) is 37.1 Å². The highest BCUT2D eigenvalue weighted by Crippen LogP contribution is 2.17. The summed E-state index contributed by atoms with van der Waals surface area (Å²) in [5.41, 5.74) is 6.90. The van der Waals surface area contributed by atoms with Crippen molar-refractivity contribution in [2.45, 2.75) is 13.0 Å². The predicted octanol–water partition coefficient (Wildman–Crippen LogP) is -0.386. The van der Waals surface area contributed by atoms with Gasteiger partial charge in [0.25, 0.3) is 0 Å². The Morgan fingerprint density at radius 1 is 1.53 bits per heavy atom. The summed E-state index contributed by atoms with van der Waals surface area (Å²) in [6.45, 7) is 5.06. The lowest BCUT2D eigenvalue weighted by atomic mass is 10.1. The lowest BCUT2D eigenvalue weighted by Crippen LogP contribution is -2.37. The fourth-order valence-electron chi connectivity index (χ4n) is 1.83. The normalized spacial score (nSPS) is 18.2. The van der Waals surface area contributed by atoms with Gasteiger partial charge in [-0.25, -0.2) is 9.97 Å². The Morgan fingerprint density at radius 3 is 2.82 bits per heavy atom. The van der Waals surface area contributed by atoms with Gasteiger partial charge in [0.2, 0.25) is 5.95 Å². The molecule has 0 saturated carbocycles. The molecule has 1 aromatic rings. The molecule has 2 rings (SSSR count). The van der Waals surface area contributed by atoms with Crippen molar-refractivity contribution in [3.8, 4) is 0 Å². The predicted molar refractivity (Wildman–Crippen MR) is 63.8 cm³/mol. The summed E-state index contributed by atoms with van der Waals surface area (Å²) in [6, 6.07) is 0. The molecule has 94 valence electrons. The molecule has 17 heavy (non-hydrogen) atoms. The zero-order chi connectivity index (χ0) is 12.3. The topological polar surface area (TPSA) is 84.5 Å². The standard InChI is InChI=1S/C11H18N4O2/c1-8-9(10(16)6-12)7-13-11(14-8)15-2-4-17-5-3-15/h7,10,16H,2-6,12H2,1H3. The first kappa shape index (κ1) is 12.2. The lowest BCUT2D eigenvalue weighted by Gasteiger charge is -2.27. The van der Waals surface area contributed by atoms with Gasteiger partial charge in [0.1, 0.15) is 0 Å². The number of aryl methyl sites for hydroxylation is 1. The number of hydrogen-bond donors (Lipinski definition) is 2. The number of aliphatic hydroxyl groups excluding tert-OH is 1. The quantitative estimate of drug-likeness (QED) is 0.746. The van der Waals surface area contributed by atoms with Crippen molar-refractivity contribution in [2.75, 3.05) is 37.7 Å². The second-order valence-electron chi connectivity index (χ2n) is 4.06. The molecule has 1 aliphatic heterocycles. The van der Waals surface area contributed by atoms with E-state index in [1.807, 2.05) is 6.92 Å². The van der Waals surface area contributed by atoms with Crippen LogP contribution < -0.4 is 10.6 Å². The minimum absolute atomic E-state index is 0.182. The Bertz CT molecular complexity index is 380. The van der Waals surface area contributed by atoms with E-state index in [1.54, 1.807) is 6.20 Å². The third-order valence-electron chi connectivity index (χ3n) is 2.88. The van der Waals surface area contributed by atoms with Crippen LogP contribution in [0.3, 0.4) is 0 Å². The van der Waals surface area contributed by atoms with Gasteiger partial charge in [-0.15, -0.1) is 0 Å². The molecular formula is C11H18N4O2. The van der Waals surface area contributed by atoms with Crippen LogP contribution in [0, 0.1) is 6.92 Å². The minimum atomic E-state index is -0.686. The van der Waals surface area contributed by atoms with Crippen molar-refractivity contribution < 1.29 is 9.84 Å². The van der Waals surface area contributed by atoms with Crippen molar-refractivity contribution in [3.05, 3.63) is 17.5 Å². The highest BCUT2D eigenvalue weighted by molar-refractivity contribution is 5.34. The third kappa shape index (κ3) is 2.71. The van der Waals surface area contributed by atoms with E-state index in [-0.39, 0.29) is 6.54 Å². The Balaban J connectivity index is 2.17. The van der Waals surface area contributed by atoms with Crippen molar-refractivity contribution in [1.82, 2.24) is 9.97 Å². The van der Waals surface area contributed by atoms with Crippen LogP contribution in [0.5, 0.6) is 0 Å². The summed E-state index contributed by atoms with van der Waals surface area (Å²) >= 11 is 0. The average molecular weight is 238 g/mol. The highest BCUT2D eigenvalue weighted by Gasteiger charge is 2.16. The molecule has 1 unspecified atom stereocenters. The molecule has 1 fully saturated rings. The second kappa shape index (κ2) is 5.39. The number of anilines is 1. The molecule has 1 aromatic heterocycles. The van der Waals surface area contributed by atoms with Crippen LogP contribution in [0.4, 0.5) is 5.95 Å². The van der Waals surface area contributed by atoms with Crippen molar-refractivity contribution in [2.24, 2.45) is 5.73 Å². The number of nitrogens with zero attached hydrogens (tertiary/aromatic N) is 3. The van der Waals surface area contributed by atoms with E-state index < -0.39 is 6.10 Å². The maximum atomic E-state index is 9.67. The minimum Gasteiger partial charge on any atom is -0.387 e. The van der Waals surface area contributed by atoms with E-state index >= 15 is 0 Å². The number of ether oxygens (including phenoxy) is 1. The molecule has 0 spiro atoms. The van der Waals surface area contributed by atoms with E-state index in [0.717, 1.165) is 18.8 Å². The van der Waals surface area contributed by atoms with Gasteiger partial charge < -0.3 is 20.5 Å². The number of rotatable bonds is 3. The monoisotopic (exact) mass is 238 g/mol. The SMILES string of the molecule is Cc1nc(N2CCOCC2)ncc1C(O)CN. The van der Waals surface area contributed by atoms with Gasteiger partial charge in [0.05, 0.1) is 19.3 Å². The molecular weight excluding hydrogens is 220 g/mol. The van der Waals surface area contributed by atoms with Crippen molar-refractivity contribution in [3.63, 3.8) is 0 Å². The van der Waals surface area contributed by atoms with Gasteiger partial charge in [-0.3, -0.25) is 0 Å². The van der Waals surface area contributed by atoms with Gasteiger partial charge in [0.15, 0.2) is 0 Å². The van der Waals surface area contributed by atoms with Gasteiger partial charge in [-0.2, -0.15) is 0 Å². The van der Waals surface area contributed by atoms with E-state index in [4.69, 9.17) is 10.5 Å². The largest absolute Gasteiger partial charge is 0.387 e. The Morgan fingerprint density at radius 2 is 2.24 bits per heavy atom. The average Bonchev–Trinajstić information content (AvgIpc) is 2.39. The smallest absolute Gasteiger partial charge is 0.225 e. The third-order valence-corrected chi connectivity index (χ3v) is 2.88. The van der Waals surface area contributed by atoms with Crippen LogP contribution in [0.1, 0.15) is 17.4 Å². The Hall–Kier alpha value is -1.24. The number of aromatic nitrogens is 2. The van der Waals surface area contributed by atoms with E-state index in [1.165, 1.54) is 0 Å². The van der Waals surface area contributed by atoms with Crippen molar-refractivity contribution in [1.29, 1.82) is 0 Å². The fraction of sp³-hybridized carbons (Fsp3) is 0.636. The van der Waals surface area contributed by atoms with Crippen LogP contribution in [0.2, 0.25) is 0 Å². The van der Waals surface area contributed by atoms with Crippen LogP contribution in [-0.4, -0.2) is 47.9 Å². The molecule has 0 bridgehead atoms. The second-order valence-corrected chi connectivity index (χ2v) is 4.06. The molecule has 6 nitrogen and oxygen atoms in total. The molecule has 0 aromatic carbocycles. The first-order valence-corrected chi connectivity index (χ1v) is 5.76. The molecule has 3 N–H and O–H groups in total. The summed E-state index contributed by atoms with van der Waals surface area (Å²) in [6.07, 6.45) is 0.971. The summed E-state index contributed by atoms with van der Waals surface area (Å²) in [4.78, 5) is 10.8. The van der Waals surface area contributed by atoms with Crippen LogP contribution in [0.25, 0.3) is 0 Å². The molecule has 6 heteroatoms. The van der Waals surface area contributed by atoms with Crippen LogP contribution >= 0.6 is 0 Å². The van der Waals surface area contributed by atoms with E-state index in [9.17, 15) is 5.11 Å². The molecule has 2 heterocycles. The number of morpholine rings is 1. The Kier molecular flexibility index (Phi) is 3.88. The summed E-state index contributed by atoms with van der Waals surface area (Å²) in [7, 11) is 0. The first-order chi connectivity index (χ1) is 8.22. The first-order valence-electron chi connectivity index (χ1n) is 5.76. The van der Waals surface area contributed by atoms with Gasteiger partial charge in [-0.1, -0.05) is 0 Å². The Labute approximate surface area is 100 Å². The van der Waals surface area contributed by atoms with E-state index in [2.05, 4.69) is 14.9 Å². The molecule has 1 saturated heterocycles. The summed E-state index contributed by atoms with van der Waals surface area (Å²) < 4.78 is 5.28. The molecule has 0 amide bonds. The zero-order valence-corrected chi connectivity index (χ0v) is 9.96. The van der Waals surface area contributed by atoms with Gasteiger partial charge in [-0.05, 0) is 6.92 Å². The highest BCUT2D eigenvalue weighted by atomic mass is 16.5. The summed E-state index contributed by atoms with van der Waals surface area (Å²) in [5.74, 6) is 0.693. The number of nitrogens with two attached hydrogens (primary N) is 1. The molecule has 1 aliphatic rings. The molecule has 1 atom stereocenters. The zero-order valence-electron chi connectivity index (χ0n) is 9.96. The molecule has 0 radical (unpaired) electrons. The summed E-state index contributed by atoms with van der Waals surface area (Å²) in [5, 5.41) is 9.67. The maximum Gasteiger partial charge on any atom is 0.225 e. The fourth-order valence-corrected chi connectivity index (χ4v) is 1.83. The lowest BCUT2D eigenvalue weighted by molar-refractivity contribution is 0.122. The number of hydrogen-bond acceptors (Lipinski definition) is 6. The maximum absolute atomic E-state index is 9.67.